The van der Waals surface area contributed by atoms with Gasteiger partial charge in [-0.05, 0) is 78.9 Å². The molecule has 0 bridgehead atoms. The van der Waals surface area contributed by atoms with E-state index in [0.717, 1.165) is 89.2 Å². The standard InChI is InChI=1S/C50H31N5O/c1-3-14-32(15-4-1)49-51-52-50(55(49)34-16-5-2-6-17-34)33-26-27-45-40(28-33)37-20-7-10-23-43(37)53(45)35-18-13-19-36(29-35)54-44-24-11-8-21-38(44)41-31-48-42(30-46(41)54)39-22-9-12-25-47(39)56-48/h1-31H. The lowest BCUT2D eigenvalue weighted by Crippen LogP contribution is -2.00. The highest BCUT2D eigenvalue weighted by Gasteiger charge is 2.21. The molecule has 8 aromatic carbocycles. The molecule has 0 unspecified atom stereocenters. The number of hydrogen-bond acceptors (Lipinski definition) is 3. The molecule has 0 saturated heterocycles. The van der Waals surface area contributed by atoms with Gasteiger partial charge < -0.3 is 13.6 Å². The minimum absolute atomic E-state index is 0.793. The van der Waals surface area contributed by atoms with E-state index in [9.17, 15) is 0 Å². The van der Waals surface area contributed by atoms with Crippen molar-refractivity contribution in [1.29, 1.82) is 0 Å². The van der Waals surface area contributed by atoms with E-state index in [2.05, 4.69) is 165 Å². The number of hydrogen-bond donors (Lipinski definition) is 0. The lowest BCUT2D eigenvalue weighted by atomic mass is 10.1. The zero-order valence-corrected chi connectivity index (χ0v) is 30.0. The molecule has 0 N–H and O–H groups in total. The Balaban J connectivity index is 1.06. The highest BCUT2D eigenvalue weighted by atomic mass is 16.3. The number of para-hydroxylation sites is 4. The molecule has 0 aliphatic heterocycles. The summed E-state index contributed by atoms with van der Waals surface area (Å²) in [6.07, 6.45) is 0. The summed E-state index contributed by atoms with van der Waals surface area (Å²) in [7, 11) is 0. The molecule has 0 fully saturated rings. The minimum atomic E-state index is 0.793. The van der Waals surface area contributed by atoms with Crippen molar-refractivity contribution in [2.45, 2.75) is 0 Å². The van der Waals surface area contributed by atoms with Crippen LogP contribution in [0.1, 0.15) is 0 Å². The first-order chi connectivity index (χ1) is 27.8. The lowest BCUT2D eigenvalue weighted by molar-refractivity contribution is 0.669. The van der Waals surface area contributed by atoms with Crippen LogP contribution in [0.15, 0.2) is 192 Å². The fourth-order valence-corrected chi connectivity index (χ4v) is 8.69. The molecule has 0 amide bonds. The fraction of sp³-hybridized carbons (Fsp3) is 0. The first-order valence-corrected chi connectivity index (χ1v) is 18.8. The van der Waals surface area contributed by atoms with Crippen LogP contribution in [0, 0.1) is 0 Å². The maximum absolute atomic E-state index is 6.34. The van der Waals surface area contributed by atoms with Crippen molar-refractivity contribution in [2.24, 2.45) is 0 Å². The maximum atomic E-state index is 6.34. The normalized spacial score (nSPS) is 11.9. The second-order valence-electron chi connectivity index (χ2n) is 14.3. The largest absolute Gasteiger partial charge is 0.456 e. The Morgan fingerprint density at radius 2 is 0.857 bits per heavy atom. The molecule has 0 spiro atoms. The van der Waals surface area contributed by atoms with E-state index in [-0.39, 0.29) is 0 Å². The average molecular weight is 718 g/mol. The SMILES string of the molecule is c1ccc(-c2nnc(-c3ccc4c(c3)c3ccccc3n4-c3cccc(-n4c5ccccc5c5cc6oc7ccccc7c6cc54)c3)n2-c2ccccc2)cc1. The summed E-state index contributed by atoms with van der Waals surface area (Å²) in [5, 5.41) is 16.5. The lowest BCUT2D eigenvalue weighted by Gasteiger charge is -2.13. The molecule has 0 aliphatic carbocycles. The number of furan rings is 1. The number of nitrogens with zero attached hydrogens (tertiary/aromatic N) is 5. The van der Waals surface area contributed by atoms with Gasteiger partial charge in [0.2, 0.25) is 0 Å². The second-order valence-corrected chi connectivity index (χ2v) is 14.3. The van der Waals surface area contributed by atoms with Crippen LogP contribution in [0.25, 0.3) is 105 Å². The Morgan fingerprint density at radius 1 is 0.304 bits per heavy atom. The summed E-state index contributed by atoms with van der Waals surface area (Å²) in [6, 6.07) is 66.3. The molecular formula is C50H31N5O. The smallest absolute Gasteiger partial charge is 0.168 e. The van der Waals surface area contributed by atoms with Gasteiger partial charge in [0.25, 0.3) is 0 Å². The minimum Gasteiger partial charge on any atom is -0.456 e. The Hall–Kier alpha value is -7.70. The van der Waals surface area contributed by atoms with E-state index < -0.39 is 0 Å². The third-order valence-corrected chi connectivity index (χ3v) is 11.2. The first-order valence-electron chi connectivity index (χ1n) is 18.8. The van der Waals surface area contributed by atoms with Gasteiger partial charge in [-0.25, -0.2) is 0 Å². The van der Waals surface area contributed by atoms with Crippen LogP contribution < -0.4 is 0 Å². The van der Waals surface area contributed by atoms with E-state index in [4.69, 9.17) is 14.6 Å². The van der Waals surface area contributed by atoms with Crippen molar-refractivity contribution in [1.82, 2.24) is 23.9 Å². The molecule has 0 aliphatic rings. The van der Waals surface area contributed by atoms with Crippen molar-refractivity contribution in [2.75, 3.05) is 0 Å². The highest BCUT2D eigenvalue weighted by Crippen LogP contribution is 2.40. The van der Waals surface area contributed by atoms with Crippen LogP contribution in [-0.2, 0) is 0 Å². The summed E-state index contributed by atoms with van der Waals surface area (Å²) in [6.45, 7) is 0. The summed E-state index contributed by atoms with van der Waals surface area (Å²) in [5.74, 6) is 1.60. The van der Waals surface area contributed by atoms with E-state index in [1.165, 1.54) is 16.2 Å². The van der Waals surface area contributed by atoms with Gasteiger partial charge in [-0.1, -0.05) is 109 Å². The predicted octanol–water partition coefficient (Wildman–Crippen LogP) is 12.7. The average Bonchev–Trinajstić information content (AvgIpc) is 4.03. The van der Waals surface area contributed by atoms with E-state index in [1.807, 2.05) is 36.4 Å². The molecular weight excluding hydrogens is 687 g/mol. The van der Waals surface area contributed by atoms with Gasteiger partial charge >= 0.3 is 0 Å². The molecule has 0 atom stereocenters. The quantitative estimate of drug-likeness (QED) is 0.178. The highest BCUT2D eigenvalue weighted by molar-refractivity contribution is 6.17. The van der Waals surface area contributed by atoms with Crippen molar-refractivity contribution < 1.29 is 4.42 Å². The van der Waals surface area contributed by atoms with Crippen molar-refractivity contribution in [3.8, 4) is 39.8 Å². The van der Waals surface area contributed by atoms with Crippen molar-refractivity contribution in [3.63, 3.8) is 0 Å². The molecule has 4 aromatic heterocycles. The molecule has 0 saturated carbocycles. The van der Waals surface area contributed by atoms with E-state index in [0.29, 0.717) is 0 Å². The molecule has 0 radical (unpaired) electrons. The molecule has 262 valence electrons. The Bertz CT molecular complexity index is 3480. The molecule has 56 heavy (non-hydrogen) atoms. The molecule has 12 aromatic rings. The molecule has 6 heteroatoms. The van der Waals surface area contributed by atoms with Gasteiger partial charge in [0.1, 0.15) is 11.2 Å². The van der Waals surface area contributed by atoms with Gasteiger partial charge in [-0.2, -0.15) is 0 Å². The van der Waals surface area contributed by atoms with Crippen LogP contribution in [0.2, 0.25) is 0 Å². The number of benzene rings is 8. The Morgan fingerprint density at radius 3 is 1.59 bits per heavy atom. The summed E-state index contributed by atoms with van der Waals surface area (Å²) in [5.41, 5.74) is 11.6. The van der Waals surface area contributed by atoms with Gasteiger partial charge in [0, 0.05) is 60.5 Å². The zero-order valence-electron chi connectivity index (χ0n) is 30.0. The summed E-state index contributed by atoms with van der Waals surface area (Å²) < 4.78 is 13.3. The number of aromatic nitrogens is 5. The van der Waals surface area contributed by atoms with Gasteiger partial charge in [0.05, 0.1) is 22.1 Å². The first kappa shape index (κ1) is 30.7. The van der Waals surface area contributed by atoms with E-state index in [1.54, 1.807) is 0 Å². The molecule has 6 nitrogen and oxygen atoms in total. The predicted molar refractivity (Wildman–Crippen MR) is 228 cm³/mol. The number of fused-ring (bicyclic) bond motifs is 9. The van der Waals surface area contributed by atoms with E-state index >= 15 is 0 Å². The zero-order chi connectivity index (χ0) is 36.7. The summed E-state index contributed by atoms with van der Waals surface area (Å²) in [4.78, 5) is 0. The van der Waals surface area contributed by atoms with Crippen molar-refractivity contribution >= 4 is 65.6 Å². The van der Waals surface area contributed by atoms with Crippen LogP contribution >= 0.6 is 0 Å². The fourth-order valence-electron chi connectivity index (χ4n) is 8.69. The topological polar surface area (TPSA) is 53.7 Å². The van der Waals surface area contributed by atoms with Crippen LogP contribution in [0.4, 0.5) is 0 Å². The molecule has 12 rings (SSSR count). The number of rotatable bonds is 5. The third kappa shape index (κ3) is 4.50. The van der Waals surface area contributed by atoms with Crippen molar-refractivity contribution in [3.05, 3.63) is 188 Å². The van der Waals surface area contributed by atoms with Crippen LogP contribution in [0.3, 0.4) is 0 Å². The van der Waals surface area contributed by atoms with Gasteiger partial charge in [-0.3, -0.25) is 4.57 Å². The maximum Gasteiger partial charge on any atom is 0.168 e. The second kappa shape index (κ2) is 11.9. The van der Waals surface area contributed by atoms with Gasteiger partial charge in [-0.15, -0.1) is 10.2 Å². The summed E-state index contributed by atoms with van der Waals surface area (Å²) >= 11 is 0. The monoisotopic (exact) mass is 717 g/mol. The Labute approximate surface area is 320 Å². The molecule has 4 heterocycles. The third-order valence-electron chi connectivity index (χ3n) is 11.2. The van der Waals surface area contributed by atoms with Crippen LogP contribution in [0.5, 0.6) is 0 Å². The van der Waals surface area contributed by atoms with Gasteiger partial charge in [0.15, 0.2) is 11.6 Å². The Kier molecular flexibility index (Phi) is 6.53. The van der Waals surface area contributed by atoms with Crippen LogP contribution in [-0.4, -0.2) is 23.9 Å².